The summed E-state index contributed by atoms with van der Waals surface area (Å²) in [7, 11) is 0. The molecular formula is C26H42O7. The molecule has 33 heavy (non-hydrogen) atoms. The van der Waals surface area contributed by atoms with Gasteiger partial charge in [0.1, 0.15) is 6.61 Å². The Morgan fingerprint density at radius 1 is 0.758 bits per heavy atom. The fraction of sp³-hybridized carbons (Fsp3) is 0.692. The zero-order chi connectivity index (χ0) is 24.2. The topological polar surface area (TPSA) is 91.3 Å². The van der Waals surface area contributed by atoms with E-state index < -0.39 is 18.2 Å². The largest absolute Gasteiger partial charge is 0.478 e. The Bertz CT molecular complexity index is 631. The van der Waals surface area contributed by atoms with Gasteiger partial charge in [0.05, 0.1) is 24.3 Å². The Balaban J connectivity index is 2.32. The summed E-state index contributed by atoms with van der Waals surface area (Å²) >= 11 is 0. The molecule has 188 valence electrons. The number of aromatic carboxylic acids is 1. The van der Waals surface area contributed by atoms with Crippen LogP contribution in [0.2, 0.25) is 0 Å². The second-order valence-electron chi connectivity index (χ2n) is 8.06. The average molecular weight is 467 g/mol. The molecule has 1 aromatic rings. The first-order chi connectivity index (χ1) is 16.1. The molecule has 0 radical (unpaired) electrons. The zero-order valence-corrected chi connectivity index (χ0v) is 20.4. The van der Waals surface area contributed by atoms with Crippen LogP contribution in [0.25, 0.3) is 0 Å². The third-order valence-corrected chi connectivity index (χ3v) is 5.20. The number of carbonyl (C=O) groups is 2. The molecule has 0 aromatic heterocycles. The molecule has 0 atom stereocenters. The van der Waals surface area contributed by atoms with Crippen LogP contribution >= 0.6 is 0 Å². The molecular weight excluding hydrogens is 424 g/mol. The van der Waals surface area contributed by atoms with Gasteiger partial charge in [0, 0.05) is 13.2 Å². The number of esters is 1. The van der Waals surface area contributed by atoms with Crippen LogP contribution < -0.4 is 0 Å². The van der Waals surface area contributed by atoms with Crippen molar-refractivity contribution in [1.82, 2.24) is 0 Å². The van der Waals surface area contributed by atoms with Crippen LogP contribution in [-0.4, -0.2) is 56.4 Å². The van der Waals surface area contributed by atoms with Crippen LogP contribution in [0.1, 0.15) is 98.8 Å². The maximum absolute atomic E-state index is 12.2. The maximum Gasteiger partial charge on any atom is 0.339 e. The van der Waals surface area contributed by atoms with Crippen LogP contribution in [0.15, 0.2) is 24.3 Å². The van der Waals surface area contributed by atoms with E-state index in [-0.39, 0.29) is 30.9 Å². The minimum absolute atomic E-state index is 0.0214. The lowest BCUT2D eigenvalue weighted by Crippen LogP contribution is -2.26. The molecule has 1 aromatic carbocycles. The molecule has 0 aliphatic carbocycles. The van der Waals surface area contributed by atoms with Crippen molar-refractivity contribution in [3.8, 4) is 0 Å². The number of carboxylic acids is 1. The molecule has 0 heterocycles. The Morgan fingerprint density at radius 3 is 1.85 bits per heavy atom. The van der Waals surface area contributed by atoms with Gasteiger partial charge in [-0.25, -0.2) is 9.59 Å². The van der Waals surface area contributed by atoms with Gasteiger partial charge in [-0.3, -0.25) is 0 Å². The average Bonchev–Trinajstić information content (AvgIpc) is 2.82. The van der Waals surface area contributed by atoms with E-state index in [1.165, 1.54) is 50.7 Å². The highest BCUT2D eigenvalue weighted by molar-refractivity contribution is 6.02. The number of rotatable bonds is 21. The van der Waals surface area contributed by atoms with E-state index in [0.717, 1.165) is 25.7 Å². The Morgan fingerprint density at radius 2 is 1.30 bits per heavy atom. The number of ether oxygens (including phenoxy) is 4. The molecule has 1 N–H and O–H groups in total. The fourth-order valence-corrected chi connectivity index (χ4v) is 3.28. The SMILES string of the molecule is CCCCCCCOC(COCCOC(=O)c1ccccc1C(=O)O)OCCCCCCC. The number of carboxylic acid groups (broad SMARTS) is 1. The third-order valence-electron chi connectivity index (χ3n) is 5.20. The van der Waals surface area contributed by atoms with Gasteiger partial charge >= 0.3 is 11.9 Å². The summed E-state index contributed by atoms with van der Waals surface area (Å²) in [4.78, 5) is 23.4. The van der Waals surface area contributed by atoms with Crippen molar-refractivity contribution in [2.24, 2.45) is 0 Å². The monoisotopic (exact) mass is 466 g/mol. The molecule has 7 heteroatoms. The van der Waals surface area contributed by atoms with Crippen molar-refractivity contribution in [1.29, 1.82) is 0 Å². The van der Waals surface area contributed by atoms with E-state index in [1.54, 1.807) is 12.1 Å². The van der Waals surface area contributed by atoms with Crippen molar-refractivity contribution >= 4 is 11.9 Å². The van der Waals surface area contributed by atoms with E-state index in [0.29, 0.717) is 13.2 Å². The summed E-state index contributed by atoms with van der Waals surface area (Å²) < 4.78 is 22.5. The Hall–Kier alpha value is -1.96. The van der Waals surface area contributed by atoms with Gasteiger partial charge in [-0.15, -0.1) is 0 Å². The summed E-state index contributed by atoms with van der Waals surface area (Å²) in [5.41, 5.74) is -0.0520. The summed E-state index contributed by atoms with van der Waals surface area (Å²) in [6, 6.07) is 5.98. The number of carbonyl (C=O) groups excluding carboxylic acids is 1. The normalized spacial score (nSPS) is 11.1. The van der Waals surface area contributed by atoms with Crippen LogP contribution in [0.5, 0.6) is 0 Å². The van der Waals surface area contributed by atoms with Gasteiger partial charge in [-0.2, -0.15) is 0 Å². The van der Waals surface area contributed by atoms with Crippen molar-refractivity contribution in [2.75, 3.05) is 33.0 Å². The molecule has 0 fully saturated rings. The van der Waals surface area contributed by atoms with E-state index in [2.05, 4.69) is 13.8 Å². The lowest BCUT2D eigenvalue weighted by Gasteiger charge is -2.19. The Kier molecular flexibility index (Phi) is 17.2. The molecule has 0 unspecified atom stereocenters. The number of hydrogen-bond donors (Lipinski definition) is 1. The van der Waals surface area contributed by atoms with Crippen LogP contribution in [0.4, 0.5) is 0 Å². The molecule has 0 saturated heterocycles. The van der Waals surface area contributed by atoms with Gasteiger partial charge in [0.25, 0.3) is 0 Å². The second kappa shape index (κ2) is 19.5. The van der Waals surface area contributed by atoms with Gasteiger partial charge in [-0.1, -0.05) is 77.3 Å². The summed E-state index contributed by atoms with van der Waals surface area (Å²) in [5.74, 6) is -1.85. The number of benzene rings is 1. The maximum atomic E-state index is 12.2. The lowest BCUT2D eigenvalue weighted by atomic mass is 10.1. The molecule has 0 aliphatic heterocycles. The highest BCUT2D eigenvalue weighted by Crippen LogP contribution is 2.11. The molecule has 0 spiro atoms. The van der Waals surface area contributed by atoms with Gasteiger partial charge in [0.15, 0.2) is 6.29 Å². The molecule has 7 nitrogen and oxygen atoms in total. The summed E-state index contributed by atoms with van der Waals surface area (Å²) in [6.45, 7) is 6.11. The van der Waals surface area contributed by atoms with Crippen LogP contribution in [0, 0.1) is 0 Å². The highest BCUT2D eigenvalue weighted by atomic mass is 16.7. The minimum Gasteiger partial charge on any atom is -0.478 e. The number of unbranched alkanes of at least 4 members (excludes halogenated alkanes) is 8. The minimum atomic E-state index is -1.17. The van der Waals surface area contributed by atoms with Crippen molar-refractivity contribution in [2.45, 2.75) is 84.3 Å². The third kappa shape index (κ3) is 14.0. The molecule has 0 saturated carbocycles. The standard InChI is InChI=1S/C26H42O7/c1-3-5-7-9-13-17-31-24(32-18-14-10-8-6-4-2)21-30-19-20-33-26(29)23-16-12-11-15-22(23)25(27)28/h11-12,15-16,24H,3-10,13-14,17-21H2,1-2H3,(H,27,28). The summed E-state index contributed by atoms with van der Waals surface area (Å²) in [6.07, 6.45) is 11.2. The summed E-state index contributed by atoms with van der Waals surface area (Å²) in [5, 5.41) is 9.19. The predicted molar refractivity (Wildman–Crippen MR) is 128 cm³/mol. The molecule has 0 amide bonds. The van der Waals surface area contributed by atoms with E-state index in [1.807, 2.05) is 0 Å². The van der Waals surface area contributed by atoms with E-state index >= 15 is 0 Å². The highest BCUT2D eigenvalue weighted by Gasteiger charge is 2.17. The van der Waals surface area contributed by atoms with Gasteiger partial charge in [-0.05, 0) is 25.0 Å². The molecule has 0 aliphatic rings. The molecule has 1 rings (SSSR count). The van der Waals surface area contributed by atoms with Gasteiger partial charge < -0.3 is 24.1 Å². The Labute approximate surface area is 198 Å². The van der Waals surface area contributed by atoms with Crippen molar-refractivity contribution in [3.05, 3.63) is 35.4 Å². The lowest BCUT2D eigenvalue weighted by molar-refractivity contribution is -0.174. The van der Waals surface area contributed by atoms with E-state index in [4.69, 9.17) is 18.9 Å². The van der Waals surface area contributed by atoms with Gasteiger partial charge in [0.2, 0.25) is 0 Å². The first-order valence-electron chi connectivity index (χ1n) is 12.4. The number of hydrogen-bond acceptors (Lipinski definition) is 6. The molecule has 0 bridgehead atoms. The first kappa shape index (κ1) is 29.1. The van der Waals surface area contributed by atoms with Crippen LogP contribution in [-0.2, 0) is 18.9 Å². The first-order valence-corrected chi connectivity index (χ1v) is 12.4. The predicted octanol–water partition coefficient (Wildman–Crippen LogP) is 5.86. The second-order valence-corrected chi connectivity index (χ2v) is 8.06. The fourth-order valence-electron chi connectivity index (χ4n) is 3.28. The smallest absolute Gasteiger partial charge is 0.339 e. The zero-order valence-electron chi connectivity index (χ0n) is 20.4. The van der Waals surface area contributed by atoms with E-state index in [9.17, 15) is 14.7 Å². The van der Waals surface area contributed by atoms with Crippen molar-refractivity contribution in [3.63, 3.8) is 0 Å². The van der Waals surface area contributed by atoms with Crippen molar-refractivity contribution < 1.29 is 33.6 Å². The van der Waals surface area contributed by atoms with Crippen LogP contribution in [0.3, 0.4) is 0 Å². The quantitative estimate of drug-likeness (QED) is 0.138.